The zero-order valence-electron chi connectivity index (χ0n) is 15.0. The van der Waals surface area contributed by atoms with Crippen molar-refractivity contribution < 1.29 is 38.5 Å². The Morgan fingerprint density at radius 1 is 1.29 bits per heavy atom. The zero-order valence-corrected chi connectivity index (χ0v) is 15.7. The Kier molecular flexibility index (Phi) is 6.83. The van der Waals surface area contributed by atoms with E-state index in [2.05, 4.69) is 10.1 Å². The van der Waals surface area contributed by atoms with Crippen LogP contribution in [0.2, 0.25) is 5.02 Å². The summed E-state index contributed by atoms with van der Waals surface area (Å²) in [6, 6.07) is 2.09. The van der Waals surface area contributed by atoms with Crippen molar-refractivity contribution in [2.45, 2.75) is 6.92 Å². The van der Waals surface area contributed by atoms with E-state index in [-0.39, 0.29) is 35.4 Å². The Labute approximate surface area is 164 Å². The number of carboxylic acid groups (broad SMARTS) is 1. The largest absolute Gasteiger partial charge is 0.490 e. The molecule has 28 heavy (non-hydrogen) atoms. The number of rotatable bonds is 8. The zero-order chi connectivity index (χ0) is 20.8. The molecule has 2 N–H and O–H groups in total. The maximum Gasteiger partial charge on any atom is 0.343 e. The van der Waals surface area contributed by atoms with Crippen molar-refractivity contribution in [3.63, 3.8) is 0 Å². The molecule has 150 valence electrons. The minimum atomic E-state index is -1.32. The Hall–Kier alpha value is -3.27. The quantitative estimate of drug-likeness (QED) is 0.370. The van der Waals surface area contributed by atoms with Gasteiger partial charge in [0.15, 0.2) is 18.1 Å². The lowest BCUT2D eigenvalue weighted by molar-refractivity contribution is -0.143. The van der Waals surface area contributed by atoms with E-state index in [4.69, 9.17) is 26.2 Å². The summed E-state index contributed by atoms with van der Waals surface area (Å²) in [5.41, 5.74) is 0.271. The van der Waals surface area contributed by atoms with Gasteiger partial charge in [0.1, 0.15) is 12.2 Å². The Morgan fingerprint density at radius 3 is 2.61 bits per heavy atom. The van der Waals surface area contributed by atoms with Crippen LogP contribution in [0.25, 0.3) is 6.08 Å². The summed E-state index contributed by atoms with van der Waals surface area (Å²) in [4.78, 5) is 46.6. The van der Waals surface area contributed by atoms with Crippen LogP contribution in [0.5, 0.6) is 11.5 Å². The van der Waals surface area contributed by atoms with E-state index in [1.807, 2.05) is 0 Å². The fraction of sp³-hybridized carbons (Fsp3) is 0.294. The monoisotopic (exact) mass is 412 g/mol. The van der Waals surface area contributed by atoms with Crippen LogP contribution in [-0.4, -0.2) is 60.8 Å². The maximum atomic E-state index is 12.2. The highest BCUT2D eigenvalue weighted by atomic mass is 35.5. The molecule has 1 aliphatic heterocycles. The highest BCUT2D eigenvalue weighted by molar-refractivity contribution is 6.32. The van der Waals surface area contributed by atoms with E-state index in [1.165, 1.54) is 25.3 Å². The number of amides is 3. The molecule has 0 aliphatic carbocycles. The van der Waals surface area contributed by atoms with Crippen molar-refractivity contribution in [1.82, 2.24) is 10.2 Å². The first kappa shape index (κ1) is 21.0. The van der Waals surface area contributed by atoms with E-state index in [1.54, 1.807) is 6.92 Å². The van der Waals surface area contributed by atoms with Crippen molar-refractivity contribution in [1.29, 1.82) is 0 Å². The molecular weight excluding hydrogens is 396 g/mol. The van der Waals surface area contributed by atoms with Gasteiger partial charge in [-0.15, -0.1) is 0 Å². The number of nitrogens with zero attached hydrogens (tertiary/aromatic N) is 1. The fourth-order valence-electron chi connectivity index (χ4n) is 2.28. The van der Waals surface area contributed by atoms with Crippen LogP contribution >= 0.6 is 11.6 Å². The molecule has 0 saturated carbocycles. The summed E-state index contributed by atoms with van der Waals surface area (Å²) in [6.45, 7) is 0.864. The van der Waals surface area contributed by atoms with E-state index in [9.17, 15) is 19.2 Å². The topological polar surface area (TPSA) is 131 Å². The molecule has 1 aliphatic rings. The summed E-state index contributed by atoms with van der Waals surface area (Å²) in [5, 5.41) is 11.2. The van der Waals surface area contributed by atoms with Gasteiger partial charge in [-0.05, 0) is 30.7 Å². The molecule has 0 spiro atoms. The standard InChI is InChI=1S/C17H17ClN2O8/c1-3-27-12-6-9(4-10(18)15(12)28-8-14(23)26-2)5-11-16(24)20(7-13(21)22)17(25)19-11/h4-6H,3,7-8H2,1-2H3,(H,19,25)(H,21,22)/b11-5+. The summed E-state index contributed by atoms with van der Waals surface area (Å²) in [5.74, 6) is -2.39. The number of nitrogens with one attached hydrogen (secondary N) is 1. The number of carbonyl (C=O) groups excluding carboxylic acids is 3. The first-order valence-corrected chi connectivity index (χ1v) is 8.36. The van der Waals surface area contributed by atoms with Crippen molar-refractivity contribution in [3.8, 4) is 11.5 Å². The number of carbonyl (C=O) groups is 4. The fourth-order valence-corrected chi connectivity index (χ4v) is 2.56. The van der Waals surface area contributed by atoms with Crippen molar-refractivity contribution >= 4 is 41.6 Å². The lowest BCUT2D eigenvalue weighted by Gasteiger charge is -2.14. The number of imide groups is 1. The second-order valence-corrected chi connectivity index (χ2v) is 5.81. The van der Waals surface area contributed by atoms with Crippen molar-refractivity contribution in [2.75, 3.05) is 26.9 Å². The third-order valence-corrected chi connectivity index (χ3v) is 3.74. The third-order valence-electron chi connectivity index (χ3n) is 3.46. The number of benzene rings is 1. The molecule has 0 aromatic heterocycles. The molecule has 0 atom stereocenters. The number of halogens is 1. The van der Waals surface area contributed by atoms with Crippen LogP contribution in [0, 0.1) is 0 Å². The van der Waals surface area contributed by atoms with Gasteiger partial charge in [-0.3, -0.25) is 9.59 Å². The molecule has 3 amide bonds. The molecule has 11 heteroatoms. The van der Waals surface area contributed by atoms with Gasteiger partial charge < -0.3 is 24.6 Å². The van der Waals surface area contributed by atoms with Crippen molar-refractivity contribution in [3.05, 3.63) is 28.4 Å². The number of methoxy groups -OCH3 is 1. The minimum absolute atomic E-state index is 0.0980. The average Bonchev–Trinajstić information content (AvgIpc) is 2.88. The van der Waals surface area contributed by atoms with Crippen LogP contribution in [0.4, 0.5) is 4.79 Å². The highest BCUT2D eigenvalue weighted by Crippen LogP contribution is 2.37. The van der Waals surface area contributed by atoms with Crippen LogP contribution in [0.3, 0.4) is 0 Å². The number of urea groups is 1. The third kappa shape index (κ3) is 4.92. The number of ether oxygens (including phenoxy) is 3. The van der Waals surface area contributed by atoms with Gasteiger partial charge >= 0.3 is 18.0 Å². The Bertz CT molecular complexity index is 852. The molecule has 10 nitrogen and oxygen atoms in total. The maximum absolute atomic E-state index is 12.2. The lowest BCUT2D eigenvalue weighted by atomic mass is 10.1. The number of hydrogen-bond donors (Lipinski definition) is 2. The second kappa shape index (κ2) is 9.09. The highest BCUT2D eigenvalue weighted by Gasteiger charge is 2.34. The Morgan fingerprint density at radius 2 is 2.00 bits per heavy atom. The number of hydrogen-bond acceptors (Lipinski definition) is 7. The van der Waals surface area contributed by atoms with Gasteiger partial charge in [-0.2, -0.15) is 0 Å². The summed E-state index contributed by atoms with van der Waals surface area (Å²) >= 11 is 6.20. The van der Waals surface area contributed by atoms with Crippen LogP contribution < -0.4 is 14.8 Å². The van der Waals surface area contributed by atoms with Crippen LogP contribution in [0.1, 0.15) is 12.5 Å². The van der Waals surface area contributed by atoms with Gasteiger partial charge in [0, 0.05) is 0 Å². The van der Waals surface area contributed by atoms with Gasteiger partial charge in [0.25, 0.3) is 5.91 Å². The van der Waals surface area contributed by atoms with Gasteiger partial charge in [-0.1, -0.05) is 11.6 Å². The molecule has 1 saturated heterocycles. The first-order valence-electron chi connectivity index (χ1n) is 7.99. The van der Waals surface area contributed by atoms with Crippen molar-refractivity contribution in [2.24, 2.45) is 0 Å². The van der Waals surface area contributed by atoms with Gasteiger partial charge in [0.2, 0.25) is 0 Å². The van der Waals surface area contributed by atoms with Gasteiger partial charge in [0.05, 0.1) is 18.7 Å². The minimum Gasteiger partial charge on any atom is -0.490 e. The molecule has 0 radical (unpaired) electrons. The summed E-state index contributed by atoms with van der Waals surface area (Å²) in [7, 11) is 1.21. The predicted molar refractivity (Wildman–Crippen MR) is 96.0 cm³/mol. The van der Waals surface area contributed by atoms with Gasteiger partial charge in [-0.25, -0.2) is 14.5 Å². The van der Waals surface area contributed by atoms with E-state index >= 15 is 0 Å². The summed E-state index contributed by atoms with van der Waals surface area (Å²) in [6.07, 6.45) is 1.32. The number of carboxylic acids is 1. The number of esters is 1. The smallest absolute Gasteiger partial charge is 0.343 e. The molecule has 0 bridgehead atoms. The number of aliphatic carboxylic acids is 1. The molecule has 0 unspecified atom stereocenters. The second-order valence-electron chi connectivity index (χ2n) is 5.40. The lowest BCUT2D eigenvalue weighted by Crippen LogP contribution is -2.35. The Balaban J connectivity index is 2.32. The molecule has 1 heterocycles. The van der Waals surface area contributed by atoms with Crippen LogP contribution in [0.15, 0.2) is 17.8 Å². The molecular formula is C17H17ClN2O8. The van der Waals surface area contributed by atoms with E-state index in [0.29, 0.717) is 10.5 Å². The first-order chi connectivity index (χ1) is 13.3. The molecule has 1 aromatic carbocycles. The normalized spacial score (nSPS) is 14.8. The molecule has 2 rings (SSSR count). The molecule has 1 fully saturated rings. The summed E-state index contributed by atoms with van der Waals surface area (Å²) < 4.78 is 15.3. The van der Waals surface area contributed by atoms with Crippen LogP contribution in [-0.2, 0) is 19.1 Å². The molecule has 1 aromatic rings. The van der Waals surface area contributed by atoms with E-state index in [0.717, 1.165) is 0 Å². The predicted octanol–water partition coefficient (Wildman–Crippen LogP) is 1.27. The average molecular weight is 413 g/mol. The van der Waals surface area contributed by atoms with E-state index < -0.39 is 30.4 Å². The SMILES string of the molecule is CCOc1cc(/C=C2/NC(=O)N(CC(=O)O)C2=O)cc(Cl)c1OCC(=O)OC.